The molecule has 0 saturated carbocycles. The minimum Gasteiger partial charge on any atom is -0.490 e. The van der Waals surface area contributed by atoms with E-state index in [1.54, 1.807) is 30.2 Å². The van der Waals surface area contributed by atoms with Crippen molar-refractivity contribution in [2.45, 2.75) is 19.8 Å². The number of nitrogens with zero attached hydrogens (tertiary/aromatic N) is 3. The van der Waals surface area contributed by atoms with Gasteiger partial charge in [-0.25, -0.2) is 4.98 Å². The lowest BCUT2D eigenvalue weighted by Gasteiger charge is -2.09. The Balaban J connectivity index is 1.54. The van der Waals surface area contributed by atoms with E-state index in [1.807, 2.05) is 18.2 Å². The van der Waals surface area contributed by atoms with Gasteiger partial charge in [-0.2, -0.15) is 5.10 Å². The molecule has 1 aromatic carbocycles. The monoisotopic (exact) mass is 442 g/mol. The van der Waals surface area contributed by atoms with Crippen LogP contribution in [0.15, 0.2) is 29.8 Å². The van der Waals surface area contributed by atoms with E-state index < -0.39 is 0 Å². The average molecular weight is 442 g/mol. The Kier molecular flexibility index (Phi) is 6.17. The van der Waals surface area contributed by atoms with Crippen LogP contribution < -0.4 is 14.8 Å². The van der Waals surface area contributed by atoms with Crippen molar-refractivity contribution in [2.24, 2.45) is 7.05 Å². The summed E-state index contributed by atoms with van der Waals surface area (Å²) in [6, 6.07) is 5.52. The largest absolute Gasteiger partial charge is 0.490 e. The van der Waals surface area contributed by atoms with Crippen LogP contribution in [0.3, 0.4) is 0 Å². The average Bonchev–Trinajstić information content (AvgIpc) is 3.26. The highest BCUT2D eigenvalue weighted by molar-refractivity contribution is 7.14. The number of carbonyl (C=O) groups is 2. The fourth-order valence-electron chi connectivity index (χ4n) is 3.15. The third-order valence-corrected chi connectivity index (χ3v) is 5.30. The van der Waals surface area contributed by atoms with Gasteiger partial charge in [0.2, 0.25) is 0 Å². The molecule has 0 unspecified atom stereocenters. The van der Waals surface area contributed by atoms with E-state index in [4.69, 9.17) is 14.2 Å². The van der Waals surface area contributed by atoms with E-state index in [0.29, 0.717) is 53.4 Å². The van der Waals surface area contributed by atoms with Crippen molar-refractivity contribution in [2.75, 3.05) is 25.1 Å². The second-order valence-corrected chi connectivity index (χ2v) is 7.72. The van der Waals surface area contributed by atoms with Gasteiger partial charge in [0.05, 0.1) is 37.5 Å². The van der Waals surface area contributed by atoms with Crippen molar-refractivity contribution in [3.63, 3.8) is 0 Å². The lowest BCUT2D eigenvalue weighted by atomic mass is 10.1. The Hall–Kier alpha value is -3.40. The number of fused-ring (bicyclic) bond motifs is 1. The van der Waals surface area contributed by atoms with E-state index >= 15 is 0 Å². The maximum Gasteiger partial charge on any atom is 0.311 e. The predicted octanol–water partition coefficient (Wildman–Crippen LogP) is 3.06. The molecule has 0 atom stereocenters. The number of aryl methyl sites for hydroxylation is 1. The molecular weight excluding hydrogens is 420 g/mol. The highest BCUT2D eigenvalue weighted by Crippen LogP contribution is 2.35. The molecule has 0 radical (unpaired) electrons. The molecule has 0 spiro atoms. The minimum atomic E-state index is -0.352. The van der Waals surface area contributed by atoms with Gasteiger partial charge in [0.1, 0.15) is 5.69 Å². The highest BCUT2D eigenvalue weighted by atomic mass is 32.1. The number of esters is 1. The maximum atomic E-state index is 13.0. The third kappa shape index (κ3) is 4.85. The molecule has 1 aliphatic rings. The number of thiazole rings is 1. The normalized spacial score (nSPS) is 12.8. The van der Waals surface area contributed by atoms with Gasteiger partial charge in [-0.15, -0.1) is 11.3 Å². The van der Waals surface area contributed by atoms with Crippen LogP contribution in [0.5, 0.6) is 11.5 Å². The van der Waals surface area contributed by atoms with Gasteiger partial charge in [0.15, 0.2) is 16.6 Å². The zero-order valence-electron chi connectivity index (χ0n) is 17.2. The van der Waals surface area contributed by atoms with Crippen molar-refractivity contribution in [1.29, 1.82) is 0 Å². The van der Waals surface area contributed by atoms with Gasteiger partial charge in [-0.3, -0.25) is 19.6 Å². The number of amides is 1. The smallest absolute Gasteiger partial charge is 0.311 e. The molecule has 2 aromatic heterocycles. The van der Waals surface area contributed by atoms with Crippen LogP contribution in [0, 0.1) is 0 Å². The van der Waals surface area contributed by atoms with Crippen molar-refractivity contribution < 1.29 is 23.8 Å². The molecule has 9 nitrogen and oxygen atoms in total. The van der Waals surface area contributed by atoms with Crippen molar-refractivity contribution in [1.82, 2.24) is 14.8 Å². The highest BCUT2D eigenvalue weighted by Gasteiger charge is 2.21. The summed E-state index contributed by atoms with van der Waals surface area (Å²) in [6.45, 7) is 3.25. The van der Waals surface area contributed by atoms with E-state index in [0.717, 1.165) is 12.0 Å². The summed E-state index contributed by atoms with van der Waals surface area (Å²) in [6.07, 6.45) is 2.53. The van der Waals surface area contributed by atoms with Crippen LogP contribution in [0.4, 0.5) is 5.13 Å². The number of ether oxygens (including phenoxy) is 3. The Morgan fingerprint density at radius 1 is 1.26 bits per heavy atom. The molecule has 0 bridgehead atoms. The Morgan fingerprint density at radius 3 is 2.87 bits per heavy atom. The van der Waals surface area contributed by atoms with E-state index in [2.05, 4.69) is 15.4 Å². The quantitative estimate of drug-likeness (QED) is 0.585. The van der Waals surface area contributed by atoms with Gasteiger partial charge in [0, 0.05) is 30.6 Å². The molecular formula is C21H22N4O5S. The Morgan fingerprint density at radius 2 is 2.06 bits per heavy atom. The number of hydrogen-bond acceptors (Lipinski definition) is 8. The van der Waals surface area contributed by atoms with Gasteiger partial charge >= 0.3 is 5.97 Å². The molecule has 0 saturated heterocycles. The van der Waals surface area contributed by atoms with E-state index in [9.17, 15) is 9.59 Å². The fourth-order valence-corrected chi connectivity index (χ4v) is 3.85. The first-order valence-electron chi connectivity index (χ1n) is 9.88. The number of rotatable bonds is 6. The summed E-state index contributed by atoms with van der Waals surface area (Å²) in [5, 5.41) is 9.37. The summed E-state index contributed by atoms with van der Waals surface area (Å²) in [5.41, 5.74) is 2.23. The fraction of sp³-hybridized carbons (Fsp3) is 0.333. The molecule has 1 amide bonds. The summed E-state index contributed by atoms with van der Waals surface area (Å²) in [5.74, 6) is 0.623. The van der Waals surface area contributed by atoms with E-state index in [1.165, 1.54) is 11.3 Å². The predicted molar refractivity (Wildman–Crippen MR) is 115 cm³/mol. The zero-order chi connectivity index (χ0) is 21.8. The van der Waals surface area contributed by atoms with Crippen LogP contribution >= 0.6 is 11.3 Å². The summed E-state index contributed by atoms with van der Waals surface area (Å²) < 4.78 is 17.9. The van der Waals surface area contributed by atoms with Crippen LogP contribution in [0.25, 0.3) is 11.3 Å². The van der Waals surface area contributed by atoms with Crippen molar-refractivity contribution >= 4 is 28.3 Å². The minimum absolute atomic E-state index is 0.0650. The number of hydrogen-bond donors (Lipinski definition) is 1. The molecule has 3 aromatic rings. The Bertz CT molecular complexity index is 1110. The SMILES string of the molecule is CCOC(=O)Cc1csc(NC(=O)c2cn(C)nc2-c2ccc3c(c2)OCCCO3)n1. The first-order chi connectivity index (χ1) is 15.0. The standard InChI is InChI=1S/C21H22N4O5S/c1-3-28-18(26)10-14-12-31-21(22-14)23-20(27)15-11-25(2)24-19(15)13-5-6-16-17(9-13)30-8-4-7-29-16/h5-6,9,11-12H,3-4,7-8,10H2,1-2H3,(H,22,23,27). The first-order valence-corrected chi connectivity index (χ1v) is 10.8. The second kappa shape index (κ2) is 9.17. The van der Waals surface area contributed by atoms with Crippen LogP contribution in [0.2, 0.25) is 0 Å². The summed E-state index contributed by atoms with van der Waals surface area (Å²) >= 11 is 1.25. The van der Waals surface area contributed by atoms with Crippen LogP contribution in [-0.2, 0) is 23.0 Å². The first kappa shape index (κ1) is 20.9. The van der Waals surface area contributed by atoms with Crippen LogP contribution in [-0.4, -0.2) is 46.5 Å². The van der Waals surface area contributed by atoms with E-state index in [-0.39, 0.29) is 18.3 Å². The molecule has 1 N–H and O–H groups in total. The number of benzene rings is 1. The van der Waals surface area contributed by atoms with Gasteiger partial charge < -0.3 is 14.2 Å². The van der Waals surface area contributed by atoms with Crippen molar-refractivity contribution in [3.05, 3.63) is 41.0 Å². The second-order valence-electron chi connectivity index (χ2n) is 6.86. The number of nitrogens with one attached hydrogen (secondary N) is 1. The molecule has 0 aliphatic carbocycles. The lowest BCUT2D eigenvalue weighted by molar-refractivity contribution is -0.142. The molecule has 10 heteroatoms. The topological polar surface area (TPSA) is 105 Å². The lowest BCUT2D eigenvalue weighted by Crippen LogP contribution is -2.12. The molecule has 31 heavy (non-hydrogen) atoms. The molecule has 4 rings (SSSR count). The molecule has 3 heterocycles. The van der Waals surface area contributed by atoms with Gasteiger partial charge in [0.25, 0.3) is 5.91 Å². The molecule has 1 aliphatic heterocycles. The maximum absolute atomic E-state index is 13.0. The molecule has 162 valence electrons. The van der Waals surface area contributed by atoms with Gasteiger partial charge in [-0.1, -0.05) is 0 Å². The summed E-state index contributed by atoms with van der Waals surface area (Å²) in [4.78, 5) is 28.9. The zero-order valence-corrected chi connectivity index (χ0v) is 18.0. The summed E-state index contributed by atoms with van der Waals surface area (Å²) in [7, 11) is 1.75. The van der Waals surface area contributed by atoms with Gasteiger partial charge in [-0.05, 0) is 25.1 Å². The Labute approximate surface area is 183 Å². The molecule has 0 fully saturated rings. The third-order valence-electron chi connectivity index (χ3n) is 4.50. The van der Waals surface area contributed by atoms with Crippen molar-refractivity contribution in [3.8, 4) is 22.8 Å². The number of carbonyl (C=O) groups excluding carboxylic acids is 2. The number of aromatic nitrogens is 3. The number of anilines is 1. The van der Waals surface area contributed by atoms with Crippen LogP contribution in [0.1, 0.15) is 29.4 Å².